The van der Waals surface area contributed by atoms with Gasteiger partial charge in [-0.25, -0.2) is 9.59 Å². The second-order valence-electron chi connectivity index (χ2n) is 10.7. The van der Waals surface area contributed by atoms with Crippen LogP contribution in [0, 0.1) is 0 Å². The van der Waals surface area contributed by atoms with Crippen molar-refractivity contribution in [3.05, 3.63) is 95.6 Å². The van der Waals surface area contributed by atoms with Gasteiger partial charge in [-0.05, 0) is 42.5 Å². The normalized spacial score (nSPS) is 15.9. The van der Waals surface area contributed by atoms with Crippen LogP contribution in [-0.4, -0.2) is 67.4 Å². The highest BCUT2D eigenvalue weighted by atomic mass is 19.4. The van der Waals surface area contributed by atoms with Crippen molar-refractivity contribution in [1.82, 2.24) is 20.4 Å². The molecule has 0 saturated carbocycles. The molecule has 0 radical (unpaired) electrons. The zero-order chi connectivity index (χ0) is 29.6. The fourth-order valence-electron chi connectivity index (χ4n) is 5.85. The van der Waals surface area contributed by atoms with Crippen molar-refractivity contribution in [2.75, 3.05) is 39.3 Å². The van der Waals surface area contributed by atoms with E-state index >= 15 is 0 Å². The first-order chi connectivity index (χ1) is 20.2. The summed E-state index contributed by atoms with van der Waals surface area (Å²) in [6.45, 7) is 2.62. The van der Waals surface area contributed by atoms with Crippen molar-refractivity contribution in [2.45, 2.75) is 37.6 Å². The number of piperazine rings is 1. The van der Waals surface area contributed by atoms with Crippen LogP contribution in [0.1, 0.15) is 36.0 Å². The van der Waals surface area contributed by atoms with Gasteiger partial charge in [-0.2, -0.15) is 13.2 Å². The Labute approximate surface area is 243 Å². The summed E-state index contributed by atoms with van der Waals surface area (Å²) < 4.78 is 44.3. The molecular formula is C32H35F3N4O3. The van der Waals surface area contributed by atoms with Crippen molar-refractivity contribution >= 4 is 12.1 Å². The minimum atomic E-state index is -4.54. The lowest BCUT2D eigenvalue weighted by atomic mass is 9.86. The molecule has 1 fully saturated rings. The summed E-state index contributed by atoms with van der Waals surface area (Å²) in [6.07, 6.45) is -3.71. The Balaban J connectivity index is 1.18. The molecule has 0 bridgehead atoms. The van der Waals surface area contributed by atoms with Crippen LogP contribution in [-0.2, 0) is 16.9 Å². The van der Waals surface area contributed by atoms with Crippen LogP contribution in [0.2, 0.25) is 0 Å². The third-order valence-corrected chi connectivity index (χ3v) is 7.91. The molecule has 3 aromatic rings. The number of alkyl halides is 3. The third kappa shape index (κ3) is 6.87. The highest BCUT2D eigenvalue weighted by Gasteiger charge is 2.46. The van der Waals surface area contributed by atoms with Gasteiger partial charge in [0, 0.05) is 43.9 Å². The molecule has 1 aliphatic heterocycles. The molecule has 1 saturated heterocycles. The van der Waals surface area contributed by atoms with Crippen molar-refractivity contribution in [2.24, 2.45) is 0 Å². The van der Waals surface area contributed by atoms with E-state index in [0.29, 0.717) is 32.5 Å². The van der Waals surface area contributed by atoms with Crippen molar-refractivity contribution in [3.8, 4) is 11.1 Å². The number of nitrogens with one attached hydrogen (secondary N) is 2. The van der Waals surface area contributed by atoms with E-state index in [1.807, 2.05) is 89.1 Å². The summed E-state index contributed by atoms with van der Waals surface area (Å²) in [5.41, 5.74) is 3.26. The fourth-order valence-corrected chi connectivity index (χ4v) is 5.85. The molecule has 5 rings (SSSR count). The van der Waals surface area contributed by atoms with E-state index < -0.39 is 24.4 Å². The van der Waals surface area contributed by atoms with Gasteiger partial charge < -0.3 is 20.3 Å². The number of rotatable bonds is 9. The van der Waals surface area contributed by atoms with Gasteiger partial charge in [-0.3, -0.25) is 4.90 Å². The number of fused-ring (bicyclic) bond motifs is 3. The quantitative estimate of drug-likeness (QED) is 0.310. The second kappa shape index (κ2) is 12.9. The van der Waals surface area contributed by atoms with E-state index in [0.717, 1.165) is 53.9 Å². The van der Waals surface area contributed by atoms with Crippen LogP contribution < -0.4 is 10.6 Å². The molecule has 2 N–H and O–H groups in total. The van der Waals surface area contributed by atoms with Crippen LogP contribution in [0.5, 0.6) is 0 Å². The number of carbonyl (C=O) groups is 2. The van der Waals surface area contributed by atoms with Crippen molar-refractivity contribution in [1.29, 1.82) is 0 Å². The van der Waals surface area contributed by atoms with E-state index in [1.54, 1.807) is 0 Å². The monoisotopic (exact) mass is 580 g/mol. The van der Waals surface area contributed by atoms with Gasteiger partial charge in [-0.15, -0.1) is 0 Å². The van der Waals surface area contributed by atoms with Crippen LogP contribution in [0.25, 0.3) is 11.1 Å². The number of hydrogen-bond acceptors (Lipinski definition) is 4. The first kappa shape index (κ1) is 29.4. The van der Waals surface area contributed by atoms with Crippen LogP contribution >= 0.6 is 0 Å². The predicted molar refractivity (Wildman–Crippen MR) is 154 cm³/mol. The number of hydrogen-bond donors (Lipinski definition) is 2. The molecule has 0 spiro atoms. The molecule has 1 aliphatic carbocycles. The van der Waals surface area contributed by atoms with Gasteiger partial charge in [0.15, 0.2) is 5.60 Å². The minimum absolute atomic E-state index is 0.0695. The third-order valence-electron chi connectivity index (χ3n) is 7.91. The van der Waals surface area contributed by atoms with E-state index in [2.05, 4.69) is 10.2 Å². The lowest BCUT2D eigenvalue weighted by Crippen LogP contribution is -2.51. The second-order valence-corrected chi connectivity index (χ2v) is 10.7. The molecule has 0 unspecified atom stereocenters. The fraction of sp³-hybridized carbons (Fsp3) is 0.375. The van der Waals surface area contributed by atoms with Crippen molar-refractivity contribution < 1.29 is 27.5 Å². The lowest BCUT2D eigenvalue weighted by molar-refractivity contribution is -0.124. The lowest BCUT2D eigenvalue weighted by Gasteiger charge is -2.35. The highest BCUT2D eigenvalue weighted by Crippen LogP contribution is 2.52. The van der Waals surface area contributed by atoms with Crippen LogP contribution in [0.4, 0.5) is 22.8 Å². The summed E-state index contributed by atoms with van der Waals surface area (Å²) in [5, 5.41) is 4.86. The summed E-state index contributed by atoms with van der Waals surface area (Å²) in [4.78, 5) is 29.4. The summed E-state index contributed by atoms with van der Waals surface area (Å²) in [5.74, 6) is 0. The number of unbranched alkanes of at least 4 members (excludes halogenated alkanes) is 1. The largest absolute Gasteiger partial charge is 0.433 e. The van der Waals surface area contributed by atoms with E-state index in [1.165, 1.54) is 0 Å². The number of ether oxygens (including phenoxy) is 1. The maximum atomic E-state index is 12.8. The van der Waals surface area contributed by atoms with Gasteiger partial charge in [0.1, 0.15) is 6.54 Å². The molecule has 10 heteroatoms. The Morgan fingerprint density at radius 3 is 2.00 bits per heavy atom. The molecule has 0 aromatic heterocycles. The van der Waals surface area contributed by atoms with Gasteiger partial charge in [0.2, 0.25) is 0 Å². The summed E-state index contributed by atoms with van der Waals surface area (Å²) in [7, 11) is 0. The molecule has 222 valence electrons. The Kier molecular flexibility index (Phi) is 9.01. The molecule has 2 aliphatic rings. The van der Waals surface area contributed by atoms with E-state index in [9.17, 15) is 22.8 Å². The molecular weight excluding hydrogens is 545 g/mol. The molecule has 0 atom stereocenters. The van der Waals surface area contributed by atoms with E-state index in [-0.39, 0.29) is 6.03 Å². The van der Waals surface area contributed by atoms with Gasteiger partial charge in [-0.1, -0.05) is 78.9 Å². The minimum Gasteiger partial charge on any atom is -0.433 e. The number of alkyl carbamates (subject to hydrolysis) is 1. The van der Waals surface area contributed by atoms with Gasteiger partial charge in [0.25, 0.3) is 0 Å². The summed E-state index contributed by atoms with van der Waals surface area (Å²) >= 11 is 0. The summed E-state index contributed by atoms with van der Waals surface area (Å²) in [6, 6.07) is 24.9. The standard InChI is InChI=1S/C32H35F3N4O3/c33-32(34,35)23-37-30(41)42-31(27-14-6-4-12-25(27)26-13-5-7-15-28(26)31)16-8-9-17-38-18-20-39(21-19-38)29(40)36-22-24-10-2-1-3-11-24/h1-7,10-15H,8-9,16-23H2,(H,36,40)(H,37,41). The maximum absolute atomic E-state index is 12.8. The topological polar surface area (TPSA) is 73.9 Å². The maximum Gasteiger partial charge on any atom is 0.408 e. The zero-order valence-corrected chi connectivity index (χ0v) is 23.3. The first-order valence-electron chi connectivity index (χ1n) is 14.3. The van der Waals surface area contributed by atoms with Crippen LogP contribution in [0.3, 0.4) is 0 Å². The number of urea groups is 1. The average Bonchev–Trinajstić information content (AvgIpc) is 3.27. The Morgan fingerprint density at radius 1 is 0.786 bits per heavy atom. The highest BCUT2D eigenvalue weighted by molar-refractivity contribution is 5.82. The number of carbonyl (C=O) groups excluding carboxylic acids is 2. The predicted octanol–water partition coefficient (Wildman–Crippen LogP) is 5.90. The van der Waals surface area contributed by atoms with Crippen molar-refractivity contribution in [3.63, 3.8) is 0 Å². The molecule has 42 heavy (non-hydrogen) atoms. The Hall–Kier alpha value is -4.05. The average molecular weight is 581 g/mol. The number of benzene rings is 3. The molecule has 3 aromatic carbocycles. The van der Waals surface area contributed by atoms with Gasteiger partial charge >= 0.3 is 18.3 Å². The molecule has 1 heterocycles. The SMILES string of the molecule is O=C(NCC(F)(F)F)OC1(CCCCN2CCN(C(=O)NCc3ccccc3)CC2)c2ccccc2-c2ccccc21. The molecule has 7 nitrogen and oxygen atoms in total. The number of amides is 3. The molecule has 3 amide bonds. The smallest absolute Gasteiger partial charge is 0.408 e. The van der Waals surface area contributed by atoms with E-state index in [4.69, 9.17) is 4.74 Å². The van der Waals surface area contributed by atoms with Gasteiger partial charge in [0.05, 0.1) is 0 Å². The number of nitrogens with zero attached hydrogens (tertiary/aromatic N) is 2. The first-order valence-corrected chi connectivity index (χ1v) is 14.3. The Morgan fingerprint density at radius 2 is 1.38 bits per heavy atom. The Bertz CT molecular complexity index is 1330. The van der Waals surface area contributed by atoms with Crippen LogP contribution in [0.15, 0.2) is 78.9 Å². The number of halogens is 3. The zero-order valence-electron chi connectivity index (χ0n) is 23.3.